The van der Waals surface area contributed by atoms with Crippen molar-refractivity contribution >= 4 is 11.9 Å². The number of carbonyl (C=O) groups excluding carboxylic acids is 2. The Hall–Kier alpha value is -1.10. The lowest BCUT2D eigenvalue weighted by Gasteiger charge is -1.89. The van der Waals surface area contributed by atoms with E-state index >= 15 is 0 Å². The van der Waals surface area contributed by atoms with Gasteiger partial charge < -0.3 is 4.74 Å². The number of nitrogens with one attached hydrogen (secondary N) is 1. The molecule has 3 N–H and O–H groups in total. The summed E-state index contributed by atoms with van der Waals surface area (Å²) in [5.41, 5.74) is 1.89. The van der Waals surface area contributed by atoms with Crippen LogP contribution >= 0.6 is 0 Å². The van der Waals surface area contributed by atoms with E-state index in [1.54, 1.807) is 6.92 Å². The molecule has 0 unspecified atom stereocenters. The zero-order valence-electron chi connectivity index (χ0n) is 7.01. The lowest BCUT2D eigenvalue weighted by molar-refractivity contribution is -0.140. The predicted molar refractivity (Wildman–Crippen MR) is 40.3 cm³/mol. The molecule has 66 valence electrons. The van der Waals surface area contributed by atoms with Crippen molar-refractivity contribution in [3.63, 3.8) is 0 Å². The van der Waals surface area contributed by atoms with Crippen LogP contribution in [0.2, 0.25) is 0 Å². The maximum Gasteiger partial charge on any atom is 0.302 e. The number of hydrazine groups is 1. The van der Waals surface area contributed by atoms with Gasteiger partial charge >= 0.3 is 5.97 Å². The molecule has 0 rings (SSSR count). The van der Waals surface area contributed by atoms with Crippen molar-refractivity contribution in [1.29, 1.82) is 0 Å². The summed E-state index contributed by atoms with van der Waals surface area (Å²) < 4.78 is 4.40. The van der Waals surface area contributed by atoms with Crippen molar-refractivity contribution in [3.8, 4) is 0 Å². The molecule has 11 heavy (non-hydrogen) atoms. The van der Waals surface area contributed by atoms with Crippen molar-refractivity contribution in [2.75, 3.05) is 6.61 Å². The van der Waals surface area contributed by atoms with Crippen LogP contribution in [0.15, 0.2) is 0 Å². The summed E-state index contributed by atoms with van der Waals surface area (Å²) in [5, 5.41) is 0. The lowest BCUT2D eigenvalue weighted by atomic mass is 10.8. The molecule has 5 heteroatoms. The van der Waals surface area contributed by atoms with Gasteiger partial charge in [-0.05, 0) is 6.92 Å². The Bertz CT molecular complexity index is 125. The molecular formula is C6H14N2O3. The number of esters is 1. The fourth-order valence-electron chi connectivity index (χ4n) is 0.203. The topological polar surface area (TPSA) is 81.4 Å². The number of rotatable bonds is 1. The van der Waals surface area contributed by atoms with Gasteiger partial charge in [0.15, 0.2) is 0 Å². The van der Waals surface area contributed by atoms with Gasteiger partial charge in [-0.3, -0.25) is 15.0 Å². The van der Waals surface area contributed by atoms with E-state index in [0.717, 1.165) is 0 Å². The molecule has 0 aliphatic carbocycles. The second-order valence-corrected chi connectivity index (χ2v) is 1.63. The van der Waals surface area contributed by atoms with Crippen LogP contribution < -0.4 is 11.3 Å². The quantitative estimate of drug-likeness (QED) is 0.237. The Labute approximate surface area is 65.9 Å². The first kappa shape index (κ1) is 12.6. The summed E-state index contributed by atoms with van der Waals surface area (Å²) >= 11 is 0. The molecule has 0 saturated heterocycles. The number of ether oxygens (including phenoxy) is 1. The molecule has 0 radical (unpaired) electrons. The van der Waals surface area contributed by atoms with E-state index in [2.05, 4.69) is 10.6 Å². The Morgan fingerprint density at radius 2 is 1.82 bits per heavy atom. The molecule has 0 aromatic carbocycles. The van der Waals surface area contributed by atoms with Gasteiger partial charge in [-0.1, -0.05) is 0 Å². The van der Waals surface area contributed by atoms with Gasteiger partial charge in [0, 0.05) is 13.8 Å². The van der Waals surface area contributed by atoms with E-state index in [9.17, 15) is 9.59 Å². The average molecular weight is 162 g/mol. The number of amides is 1. The second-order valence-electron chi connectivity index (χ2n) is 1.63. The number of hydrogen-bond acceptors (Lipinski definition) is 4. The molecule has 5 nitrogen and oxygen atoms in total. The highest BCUT2D eigenvalue weighted by molar-refractivity contribution is 5.71. The number of carbonyl (C=O) groups is 2. The maximum atomic E-state index is 9.82. The molecule has 0 saturated carbocycles. The SMILES string of the molecule is CC(=O)NN.CCOC(C)=O. The molecule has 1 amide bonds. The van der Waals surface area contributed by atoms with Crippen LogP contribution in [0.1, 0.15) is 20.8 Å². The highest BCUT2D eigenvalue weighted by Crippen LogP contribution is 1.69. The van der Waals surface area contributed by atoms with Crippen LogP contribution in [0, 0.1) is 0 Å². The third-order valence-corrected chi connectivity index (χ3v) is 0.551. The Balaban J connectivity index is 0. The summed E-state index contributed by atoms with van der Waals surface area (Å²) in [6, 6.07) is 0. The van der Waals surface area contributed by atoms with Crippen molar-refractivity contribution in [2.24, 2.45) is 5.84 Å². The summed E-state index contributed by atoms with van der Waals surface area (Å²) in [6.45, 7) is 5.00. The zero-order chi connectivity index (χ0) is 9.28. The minimum Gasteiger partial charge on any atom is -0.466 e. The van der Waals surface area contributed by atoms with Gasteiger partial charge in [-0.25, -0.2) is 5.84 Å². The van der Waals surface area contributed by atoms with Crippen LogP contribution in [0.4, 0.5) is 0 Å². The normalized spacial score (nSPS) is 7.27. The van der Waals surface area contributed by atoms with Gasteiger partial charge in [0.05, 0.1) is 6.61 Å². The molecule has 0 heterocycles. The Morgan fingerprint density at radius 3 is 1.82 bits per heavy atom. The maximum absolute atomic E-state index is 9.82. The fourth-order valence-corrected chi connectivity index (χ4v) is 0.203. The van der Waals surface area contributed by atoms with Crippen molar-refractivity contribution < 1.29 is 14.3 Å². The van der Waals surface area contributed by atoms with E-state index in [0.29, 0.717) is 6.61 Å². The van der Waals surface area contributed by atoms with Crippen LogP contribution in [0.5, 0.6) is 0 Å². The average Bonchev–Trinajstić information content (AvgIpc) is 1.89. The van der Waals surface area contributed by atoms with Crippen molar-refractivity contribution in [1.82, 2.24) is 5.43 Å². The number of nitrogens with two attached hydrogens (primary N) is 1. The van der Waals surface area contributed by atoms with Crippen LogP contribution in [0.3, 0.4) is 0 Å². The molecule has 0 aromatic heterocycles. The second kappa shape index (κ2) is 8.90. The molecule has 0 aliphatic rings. The largest absolute Gasteiger partial charge is 0.466 e. The molecule has 0 aromatic rings. The monoisotopic (exact) mass is 162 g/mol. The molecule has 0 spiro atoms. The van der Waals surface area contributed by atoms with Gasteiger partial charge in [-0.2, -0.15) is 0 Å². The molecular weight excluding hydrogens is 148 g/mol. The van der Waals surface area contributed by atoms with Gasteiger partial charge in [0.2, 0.25) is 5.91 Å². The van der Waals surface area contributed by atoms with Crippen LogP contribution in [-0.2, 0) is 14.3 Å². The summed E-state index contributed by atoms with van der Waals surface area (Å²) in [5.74, 6) is 4.14. The number of hydrogen-bond donors (Lipinski definition) is 2. The first-order valence-corrected chi connectivity index (χ1v) is 3.15. The van der Waals surface area contributed by atoms with E-state index in [1.165, 1.54) is 13.8 Å². The first-order valence-electron chi connectivity index (χ1n) is 3.15. The van der Waals surface area contributed by atoms with E-state index in [4.69, 9.17) is 0 Å². The minimum absolute atomic E-state index is 0.211. The van der Waals surface area contributed by atoms with E-state index < -0.39 is 0 Å². The Morgan fingerprint density at radius 1 is 1.45 bits per heavy atom. The third kappa shape index (κ3) is 27.9. The first-order chi connectivity index (χ1) is 5.04. The van der Waals surface area contributed by atoms with E-state index in [1.807, 2.05) is 5.43 Å². The fraction of sp³-hybridized carbons (Fsp3) is 0.667. The van der Waals surface area contributed by atoms with Crippen molar-refractivity contribution in [3.05, 3.63) is 0 Å². The molecule has 0 fully saturated rings. The lowest BCUT2D eigenvalue weighted by Crippen LogP contribution is -2.26. The van der Waals surface area contributed by atoms with Gasteiger partial charge in [0.1, 0.15) is 0 Å². The summed E-state index contributed by atoms with van der Waals surface area (Å²) in [6.07, 6.45) is 0. The highest BCUT2D eigenvalue weighted by Gasteiger charge is 1.81. The molecule has 0 atom stereocenters. The van der Waals surface area contributed by atoms with Gasteiger partial charge in [0.25, 0.3) is 0 Å². The smallest absolute Gasteiger partial charge is 0.302 e. The van der Waals surface area contributed by atoms with E-state index in [-0.39, 0.29) is 11.9 Å². The minimum atomic E-state index is -0.218. The Kier molecular flexibility index (Phi) is 10.2. The van der Waals surface area contributed by atoms with Crippen LogP contribution in [0.25, 0.3) is 0 Å². The standard InChI is InChI=1S/C4H8O2.C2H6N2O/c1-3-6-4(2)5;1-2(5)4-3/h3H2,1-2H3;3H2,1H3,(H,4,5). The van der Waals surface area contributed by atoms with Crippen LogP contribution in [-0.4, -0.2) is 18.5 Å². The summed E-state index contributed by atoms with van der Waals surface area (Å²) in [4.78, 5) is 19.4. The zero-order valence-corrected chi connectivity index (χ0v) is 7.01. The van der Waals surface area contributed by atoms with Crippen molar-refractivity contribution in [2.45, 2.75) is 20.8 Å². The third-order valence-electron chi connectivity index (χ3n) is 0.551. The molecule has 0 aliphatic heterocycles. The molecule has 0 bridgehead atoms. The van der Waals surface area contributed by atoms with Gasteiger partial charge in [-0.15, -0.1) is 0 Å². The highest BCUT2D eigenvalue weighted by atomic mass is 16.5. The summed E-state index contributed by atoms with van der Waals surface area (Å²) in [7, 11) is 0. The predicted octanol–water partition coefficient (Wildman–Crippen LogP) is -0.434.